The minimum Gasteiger partial charge on any atom is -0.313 e. The van der Waals surface area contributed by atoms with Gasteiger partial charge in [0.15, 0.2) is 0 Å². The number of hydrogen-bond acceptors (Lipinski definition) is 1. The Morgan fingerprint density at radius 1 is 0.952 bits per heavy atom. The van der Waals surface area contributed by atoms with Gasteiger partial charge in [-0.05, 0) is 68.0 Å². The number of rotatable bonds is 3. The summed E-state index contributed by atoms with van der Waals surface area (Å²) in [7, 11) is 0. The predicted octanol–water partition coefficient (Wildman–Crippen LogP) is 4.30. The first-order valence-electron chi connectivity index (χ1n) is 8.00. The van der Waals surface area contributed by atoms with E-state index < -0.39 is 0 Å². The Kier molecular flexibility index (Phi) is 4.12. The largest absolute Gasteiger partial charge is 0.313 e. The van der Waals surface area contributed by atoms with Gasteiger partial charge in [-0.3, -0.25) is 0 Å². The molecule has 1 aliphatic rings. The average molecular weight is 279 g/mol. The van der Waals surface area contributed by atoms with Crippen molar-refractivity contribution in [1.29, 1.82) is 0 Å². The molecule has 110 valence electrons. The Morgan fingerprint density at radius 2 is 1.67 bits per heavy atom. The van der Waals surface area contributed by atoms with Gasteiger partial charge in [-0.1, -0.05) is 42.5 Å². The number of aryl methyl sites for hydroxylation is 3. The lowest BCUT2D eigenvalue weighted by atomic mass is 9.84. The highest BCUT2D eigenvalue weighted by atomic mass is 14.9. The fourth-order valence-electron chi connectivity index (χ4n) is 3.60. The molecule has 0 radical (unpaired) electrons. The molecule has 2 atom stereocenters. The van der Waals surface area contributed by atoms with Gasteiger partial charge in [-0.15, -0.1) is 0 Å². The Hall–Kier alpha value is -1.60. The summed E-state index contributed by atoms with van der Waals surface area (Å²) in [5.74, 6) is 0.643. The highest BCUT2D eigenvalue weighted by molar-refractivity contribution is 5.40. The van der Waals surface area contributed by atoms with E-state index in [1.165, 1.54) is 28.7 Å². The summed E-state index contributed by atoms with van der Waals surface area (Å²) in [5, 5.41) is 3.71. The van der Waals surface area contributed by atoms with Crippen molar-refractivity contribution in [3.63, 3.8) is 0 Å². The Bertz CT molecular complexity index is 615. The van der Waals surface area contributed by atoms with Crippen molar-refractivity contribution in [3.05, 3.63) is 70.3 Å². The monoisotopic (exact) mass is 279 g/mol. The van der Waals surface area contributed by atoms with E-state index in [1.807, 2.05) is 0 Å². The van der Waals surface area contributed by atoms with Crippen LogP contribution in [0, 0.1) is 20.8 Å². The van der Waals surface area contributed by atoms with Crippen LogP contribution < -0.4 is 5.32 Å². The zero-order valence-electron chi connectivity index (χ0n) is 13.3. The molecule has 1 heteroatoms. The maximum absolute atomic E-state index is 3.71. The van der Waals surface area contributed by atoms with E-state index in [2.05, 4.69) is 68.6 Å². The molecule has 0 aliphatic carbocycles. The van der Waals surface area contributed by atoms with Crippen LogP contribution in [-0.2, 0) is 6.42 Å². The third-order valence-electron chi connectivity index (χ3n) is 4.93. The topological polar surface area (TPSA) is 12.0 Å². The van der Waals surface area contributed by atoms with E-state index >= 15 is 0 Å². The van der Waals surface area contributed by atoms with Gasteiger partial charge in [-0.25, -0.2) is 0 Å². The molecule has 2 aromatic rings. The van der Waals surface area contributed by atoms with Gasteiger partial charge in [0.25, 0.3) is 0 Å². The van der Waals surface area contributed by atoms with Crippen molar-refractivity contribution in [1.82, 2.24) is 5.32 Å². The van der Waals surface area contributed by atoms with Gasteiger partial charge >= 0.3 is 0 Å². The molecule has 1 nitrogen and oxygen atoms in total. The minimum absolute atomic E-state index is 0.563. The smallest absolute Gasteiger partial charge is 0.0177 e. The predicted molar refractivity (Wildman–Crippen MR) is 89.9 cm³/mol. The molecule has 0 amide bonds. The molecule has 0 aromatic heterocycles. The van der Waals surface area contributed by atoms with Crippen LogP contribution in [0.5, 0.6) is 0 Å². The van der Waals surface area contributed by atoms with Crippen molar-refractivity contribution in [2.75, 3.05) is 6.54 Å². The van der Waals surface area contributed by atoms with Crippen LogP contribution in [0.3, 0.4) is 0 Å². The van der Waals surface area contributed by atoms with E-state index in [9.17, 15) is 0 Å². The number of nitrogens with one attached hydrogen (secondary N) is 1. The molecule has 1 fully saturated rings. The van der Waals surface area contributed by atoms with E-state index in [1.54, 1.807) is 5.56 Å². The van der Waals surface area contributed by atoms with E-state index in [0.29, 0.717) is 12.0 Å². The lowest BCUT2D eigenvalue weighted by Gasteiger charge is -2.23. The van der Waals surface area contributed by atoms with Crippen LogP contribution in [0.1, 0.15) is 40.2 Å². The second-order valence-electron chi connectivity index (χ2n) is 6.44. The first-order chi connectivity index (χ1) is 10.1. The third kappa shape index (κ3) is 3.03. The van der Waals surface area contributed by atoms with Crippen molar-refractivity contribution in [2.24, 2.45) is 0 Å². The van der Waals surface area contributed by atoms with Crippen molar-refractivity contribution in [3.8, 4) is 0 Å². The van der Waals surface area contributed by atoms with E-state index in [-0.39, 0.29) is 0 Å². The van der Waals surface area contributed by atoms with Crippen LogP contribution in [0.25, 0.3) is 0 Å². The average Bonchev–Trinajstić information content (AvgIpc) is 2.92. The summed E-state index contributed by atoms with van der Waals surface area (Å²) in [6, 6.07) is 16.2. The summed E-state index contributed by atoms with van der Waals surface area (Å²) in [6.07, 6.45) is 2.37. The van der Waals surface area contributed by atoms with Crippen molar-refractivity contribution < 1.29 is 0 Å². The molecule has 1 heterocycles. The summed E-state index contributed by atoms with van der Waals surface area (Å²) < 4.78 is 0. The van der Waals surface area contributed by atoms with Crippen LogP contribution >= 0.6 is 0 Å². The van der Waals surface area contributed by atoms with Crippen LogP contribution in [0.15, 0.2) is 42.5 Å². The Labute approximate surface area is 128 Å². The molecule has 0 spiro atoms. The molecule has 1 aliphatic heterocycles. The van der Waals surface area contributed by atoms with Crippen molar-refractivity contribution >= 4 is 0 Å². The lowest BCUT2D eigenvalue weighted by Crippen LogP contribution is -2.28. The Balaban J connectivity index is 1.86. The third-order valence-corrected chi connectivity index (χ3v) is 4.93. The molecule has 21 heavy (non-hydrogen) atoms. The molecule has 2 unspecified atom stereocenters. The SMILES string of the molecule is Cc1cc(C)c(C2CCNC2Cc2ccccc2)cc1C. The zero-order valence-corrected chi connectivity index (χ0v) is 13.3. The van der Waals surface area contributed by atoms with Crippen LogP contribution in [0.4, 0.5) is 0 Å². The highest BCUT2D eigenvalue weighted by Gasteiger charge is 2.29. The number of hydrogen-bond donors (Lipinski definition) is 1. The fourth-order valence-corrected chi connectivity index (χ4v) is 3.60. The quantitative estimate of drug-likeness (QED) is 0.883. The maximum atomic E-state index is 3.71. The van der Waals surface area contributed by atoms with Gasteiger partial charge in [0.05, 0.1) is 0 Å². The van der Waals surface area contributed by atoms with Crippen molar-refractivity contribution in [2.45, 2.75) is 45.6 Å². The van der Waals surface area contributed by atoms with Gasteiger partial charge < -0.3 is 5.32 Å². The zero-order chi connectivity index (χ0) is 14.8. The van der Waals surface area contributed by atoms with E-state index in [0.717, 1.165) is 13.0 Å². The molecular formula is C20H25N. The van der Waals surface area contributed by atoms with Gasteiger partial charge in [0.1, 0.15) is 0 Å². The lowest BCUT2D eigenvalue weighted by molar-refractivity contribution is 0.542. The molecule has 2 aromatic carbocycles. The molecule has 3 rings (SSSR count). The fraction of sp³-hybridized carbons (Fsp3) is 0.400. The molecule has 0 saturated carbocycles. The standard InChI is InChI=1S/C20H25N/c1-14-11-16(3)19(12-15(14)2)18-9-10-21-20(18)13-17-7-5-4-6-8-17/h4-8,11-12,18,20-21H,9-10,13H2,1-3H3. The second kappa shape index (κ2) is 6.03. The molecular weight excluding hydrogens is 254 g/mol. The highest BCUT2D eigenvalue weighted by Crippen LogP contribution is 2.33. The first kappa shape index (κ1) is 14.3. The number of benzene rings is 2. The maximum Gasteiger partial charge on any atom is 0.0177 e. The second-order valence-corrected chi connectivity index (χ2v) is 6.44. The summed E-state index contributed by atoms with van der Waals surface area (Å²) in [4.78, 5) is 0. The molecule has 1 N–H and O–H groups in total. The van der Waals surface area contributed by atoms with Gasteiger partial charge in [0, 0.05) is 12.0 Å². The van der Waals surface area contributed by atoms with Crippen LogP contribution in [0.2, 0.25) is 0 Å². The minimum atomic E-state index is 0.563. The van der Waals surface area contributed by atoms with Gasteiger partial charge in [-0.2, -0.15) is 0 Å². The summed E-state index contributed by atoms with van der Waals surface area (Å²) in [6.45, 7) is 7.83. The first-order valence-corrected chi connectivity index (χ1v) is 8.00. The summed E-state index contributed by atoms with van der Waals surface area (Å²) >= 11 is 0. The molecule has 0 bridgehead atoms. The van der Waals surface area contributed by atoms with E-state index in [4.69, 9.17) is 0 Å². The van der Waals surface area contributed by atoms with Gasteiger partial charge in [0.2, 0.25) is 0 Å². The van der Waals surface area contributed by atoms with Crippen LogP contribution in [-0.4, -0.2) is 12.6 Å². The Morgan fingerprint density at radius 3 is 2.43 bits per heavy atom. The normalized spacial score (nSPS) is 21.7. The summed E-state index contributed by atoms with van der Waals surface area (Å²) in [5.41, 5.74) is 7.25. The molecule has 1 saturated heterocycles.